The largest absolute Gasteiger partial charge is 0.396 e. The number of aliphatic hydroxyl groups is 1. The molecule has 120 valence electrons. The van der Waals surface area contributed by atoms with Gasteiger partial charge in [-0.05, 0) is 25.8 Å². The predicted octanol–water partition coefficient (Wildman–Crippen LogP) is 1.83. The maximum absolute atomic E-state index is 9.48. The summed E-state index contributed by atoms with van der Waals surface area (Å²) in [5.74, 6) is -0.552. The van der Waals surface area contributed by atoms with Crippen LogP contribution in [0.25, 0.3) is 0 Å². The van der Waals surface area contributed by atoms with Crippen LogP contribution in [0.2, 0.25) is 0 Å². The molecule has 1 aliphatic carbocycles. The summed E-state index contributed by atoms with van der Waals surface area (Å²) in [5, 5.41) is 9.48. The lowest BCUT2D eigenvalue weighted by atomic mass is 10.1. The molecule has 2 saturated heterocycles. The standard InChI is InChI=1S/C17H22O5/c1-16(2)20-13-14(19-10-11-6-4-3-5-7-11)17(8-12(17)9-18)22-15(13)21-16/h3-7,12-15,18H,8-10H2,1-2H3/t12-,13-,14?,15-,17-/m0/s1. The Morgan fingerprint density at radius 2 is 1.95 bits per heavy atom. The van der Waals surface area contributed by atoms with E-state index in [2.05, 4.69) is 0 Å². The first-order chi connectivity index (χ1) is 10.5. The van der Waals surface area contributed by atoms with E-state index in [0.717, 1.165) is 12.0 Å². The van der Waals surface area contributed by atoms with E-state index in [1.54, 1.807) is 0 Å². The minimum atomic E-state index is -0.658. The van der Waals surface area contributed by atoms with E-state index in [-0.39, 0.29) is 24.7 Å². The van der Waals surface area contributed by atoms with Crippen molar-refractivity contribution in [3.05, 3.63) is 35.9 Å². The van der Waals surface area contributed by atoms with Gasteiger partial charge in [-0.2, -0.15) is 0 Å². The van der Waals surface area contributed by atoms with E-state index in [1.807, 2.05) is 44.2 Å². The third-order valence-corrected chi connectivity index (χ3v) is 4.79. The molecule has 0 amide bonds. The van der Waals surface area contributed by atoms with Gasteiger partial charge in [0.1, 0.15) is 17.8 Å². The van der Waals surface area contributed by atoms with Gasteiger partial charge in [-0.3, -0.25) is 0 Å². The zero-order valence-electron chi connectivity index (χ0n) is 12.9. The van der Waals surface area contributed by atoms with Gasteiger partial charge in [0.15, 0.2) is 12.1 Å². The van der Waals surface area contributed by atoms with Crippen LogP contribution < -0.4 is 0 Å². The van der Waals surface area contributed by atoms with Crippen molar-refractivity contribution in [2.75, 3.05) is 6.61 Å². The molecule has 3 aliphatic rings. The second-order valence-electron chi connectivity index (χ2n) is 6.84. The number of hydrogen-bond acceptors (Lipinski definition) is 5. The molecule has 22 heavy (non-hydrogen) atoms. The number of hydrogen-bond donors (Lipinski definition) is 1. The predicted molar refractivity (Wildman–Crippen MR) is 77.9 cm³/mol. The molecule has 4 rings (SSSR count). The molecule has 1 N–H and O–H groups in total. The Morgan fingerprint density at radius 3 is 2.64 bits per heavy atom. The molecular formula is C17H22O5. The highest BCUT2D eigenvalue weighted by Gasteiger charge is 2.72. The van der Waals surface area contributed by atoms with E-state index in [0.29, 0.717) is 6.61 Å². The van der Waals surface area contributed by atoms with Gasteiger partial charge >= 0.3 is 0 Å². The maximum atomic E-state index is 9.48. The Labute approximate surface area is 130 Å². The van der Waals surface area contributed by atoms with Gasteiger partial charge in [0.25, 0.3) is 0 Å². The van der Waals surface area contributed by atoms with Crippen LogP contribution >= 0.6 is 0 Å². The first-order valence-electron chi connectivity index (χ1n) is 7.84. The first-order valence-corrected chi connectivity index (χ1v) is 7.84. The minimum Gasteiger partial charge on any atom is -0.396 e. The molecular weight excluding hydrogens is 284 g/mol. The molecule has 2 heterocycles. The normalized spacial score (nSPS) is 41.8. The summed E-state index contributed by atoms with van der Waals surface area (Å²) in [6.45, 7) is 4.37. The van der Waals surface area contributed by atoms with Crippen molar-refractivity contribution in [2.24, 2.45) is 5.92 Å². The van der Waals surface area contributed by atoms with E-state index >= 15 is 0 Å². The number of rotatable bonds is 4. The fourth-order valence-electron chi connectivity index (χ4n) is 3.65. The van der Waals surface area contributed by atoms with Crippen LogP contribution in [0.4, 0.5) is 0 Å². The van der Waals surface area contributed by atoms with Gasteiger partial charge in [-0.15, -0.1) is 0 Å². The van der Waals surface area contributed by atoms with Crippen LogP contribution in [0.5, 0.6) is 0 Å². The summed E-state index contributed by atoms with van der Waals surface area (Å²) >= 11 is 0. The molecule has 5 heteroatoms. The topological polar surface area (TPSA) is 57.2 Å². The summed E-state index contributed by atoms with van der Waals surface area (Å²) in [5.41, 5.74) is 0.663. The SMILES string of the molecule is CC1(C)O[C@H]2O[C@]3(C[C@H]3CO)C(OCc3ccccc3)[C@@H]2O1. The lowest BCUT2D eigenvalue weighted by Gasteiger charge is -2.26. The van der Waals surface area contributed by atoms with Crippen molar-refractivity contribution in [1.82, 2.24) is 0 Å². The van der Waals surface area contributed by atoms with Crippen LogP contribution in [-0.2, 0) is 25.6 Å². The van der Waals surface area contributed by atoms with Gasteiger partial charge in [0, 0.05) is 12.5 Å². The summed E-state index contributed by atoms with van der Waals surface area (Å²) < 4.78 is 24.1. The lowest BCUT2D eigenvalue weighted by molar-refractivity contribution is -0.227. The molecule has 1 aromatic rings. The molecule has 0 aromatic heterocycles. The molecule has 5 atom stereocenters. The molecule has 1 aromatic carbocycles. The second-order valence-corrected chi connectivity index (χ2v) is 6.84. The molecule has 1 saturated carbocycles. The Bertz CT molecular complexity index is 545. The zero-order chi connectivity index (χ0) is 15.4. The van der Waals surface area contributed by atoms with Crippen LogP contribution in [-0.4, -0.2) is 41.6 Å². The Balaban J connectivity index is 1.51. The Hall–Kier alpha value is -0.980. The van der Waals surface area contributed by atoms with Crippen LogP contribution in [0.1, 0.15) is 25.8 Å². The van der Waals surface area contributed by atoms with Crippen molar-refractivity contribution in [3.8, 4) is 0 Å². The zero-order valence-corrected chi connectivity index (χ0v) is 12.9. The highest BCUT2D eigenvalue weighted by atomic mass is 16.8. The number of fused-ring (bicyclic) bond motifs is 1. The fraction of sp³-hybridized carbons (Fsp3) is 0.647. The van der Waals surface area contributed by atoms with Gasteiger partial charge < -0.3 is 24.1 Å². The number of aliphatic hydroxyl groups excluding tert-OH is 1. The van der Waals surface area contributed by atoms with Crippen LogP contribution in [0.3, 0.4) is 0 Å². The lowest BCUT2D eigenvalue weighted by Crippen LogP contribution is -2.39. The van der Waals surface area contributed by atoms with Gasteiger partial charge in [-0.25, -0.2) is 0 Å². The van der Waals surface area contributed by atoms with Crippen molar-refractivity contribution in [3.63, 3.8) is 0 Å². The van der Waals surface area contributed by atoms with Crippen molar-refractivity contribution >= 4 is 0 Å². The maximum Gasteiger partial charge on any atom is 0.190 e. The monoisotopic (exact) mass is 306 g/mol. The number of ether oxygens (including phenoxy) is 4. The number of benzene rings is 1. The average molecular weight is 306 g/mol. The van der Waals surface area contributed by atoms with Gasteiger partial charge in [0.2, 0.25) is 0 Å². The van der Waals surface area contributed by atoms with Gasteiger partial charge in [-0.1, -0.05) is 30.3 Å². The molecule has 5 nitrogen and oxygen atoms in total. The van der Waals surface area contributed by atoms with E-state index < -0.39 is 17.7 Å². The quantitative estimate of drug-likeness (QED) is 0.920. The van der Waals surface area contributed by atoms with E-state index in [1.165, 1.54) is 0 Å². The minimum absolute atomic E-state index is 0.105. The van der Waals surface area contributed by atoms with E-state index in [4.69, 9.17) is 18.9 Å². The molecule has 0 bridgehead atoms. The summed E-state index contributed by atoms with van der Waals surface area (Å²) in [7, 11) is 0. The smallest absolute Gasteiger partial charge is 0.190 e. The van der Waals surface area contributed by atoms with Crippen LogP contribution in [0.15, 0.2) is 30.3 Å². The molecule has 1 unspecified atom stereocenters. The van der Waals surface area contributed by atoms with E-state index in [9.17, 15) is 5.11 Å². The van der Waals surface area contributed by atoms with Crippen molar-refractivity contribution in [1.29, 1.82) is 0 Å². The summed E-state index contributed by atoms with van der Waals surface area (Å²) in [6, 6.07) is 10.0. The molecule has 3 fully saturated rings. The van der Waals surface area contributed by atoms with Crippen LogP contribution in [0, 0.1) is 5.92 Å². The third kappa shape index (κ3) is 2.28. The highest BCUT2D eigenvalue weighted by molar-refractivity contribution is 5.19. The van der Waals surface area contributed by atoms with Crippen molar-refractivity contribution < 1.29 is 24.1 Å². The Morgan fingerprint density at radius 1 is 1.18 bits per heavy atom. The molecule has 2 aliphatic heterocycles. The fourth-order valence-corrected chi connectivity index (χ4v) is 3.65. The summed E-state index contributed by atoms with van der Waals surface area (Å²) in [4.78, 5) is 0. The third-order valence-electron chi connectivity index (χ3n) is 4.79. The molecule has 1 spiro atoms. The average Bonchev–Trinajstić information content (AvgIpc) is 3.02. The Kier molecular flexibility index (Phi) is 3.33. The van der Waals surface area contributed by atoms with Crippen molar-refractivity contribution in [2.45, 2.75) is 56.8 Å². The molecule has 0 radical (unpaired) electrons. The van der Waals surface area contributed by atoms with Gasteiger partial charge in [0.05, 0.1) is 6.61 Å². The second kappa shape index (κ2) is 5.01. The summed E-state index contributed by atoms with van der Waals surface area (Å²) in [6.07, 6.45) is -0.0671. The first kappa shape index (κ1) is 14.6. The highest BCUT2D eigenvalue weighted by Crippen LogP contribution is 2.59.